The average molecular weight is 706 g/mol. The molecule has 3 nitrogen and oxygen atoms in total. The lowest BCUT2D eigenvalue weighted by atomic mass is 9.73. The average Bonchev–Trinajstić information content (AvgIpc) is 3.89. The van der Waals surface area contributed by atoms with E-state index in [1.165, 1.54) is 65.4 Å². The summed E-state index contributed by atoms with van der Waals surface area (Å²) >= 11 is 1.94. The van der Waals surface area contributed by atoms with Gasteiger partial charge in [-0.05, 0) is 50.6 Å². The summed E-state index contributed by atoms with van der Waals surface area (Å²) in [5.74, 6) is 1.97. The fraction of sp³-hybridized carbons (Fsp3) is 0.0200. The summed E-state index contributed by atoms with van der Waals surface area (Å²) < 4.78 is 0. The van der Waals surface area contributed by atoms with Gasteiger partial charge in [0.2, 0.25) is 0 Å². The molecule has 0 amide bonds. The zero-order valence-corrected chi connectivity index (χ0v) is 30.0. The molecule has 2 aliphatic rings. The van der Waals surface area contributed by atoms with Crippen molar-refractivity contribution in [3.63, 3.8) is 0 Å². The van der Waals surface area contributed by atoms with E-state index in [0.29, 0.717) is 17.5 Å². The van der Waals surface area contributed by atoms with E-state index in [-0.39, 0.29) is 0 Å². The maximum Gasteiger partial charge on any atom is 0.164 e. The van der Waals surface area contributed by atoms with Crippen molar-refractivity contribution < 1.29 is 0 Å². The Morgan fingerprint density at radius 2 is 0.778 bits per heavy atom. The van der Waals surface area contributed by atoms with Gasteiger partial charge in [0, 0.05) is 37.6 Å². The van der Waals surface area contributed by atoms with Crippen LogP contribution in [0, 0.1) is 0 Å². The van der Waals surface area contributed by atoms with Crippen LogP contribution in [0.15, 0.2) is 188 Å². The van der Waals surface area contributed by atoms with E-state index in [1.807, 2.05) is 47.7 Å². The molecule has 2 aliphatic carbocycles. The van der Waals surface area contributed by atoms with Gasteiger partial charge in [0.1, 0.15) is 0 Å². The molecular weight excluding hydrogens is 675 g/mol. The van der Waals surface area contributed by atoms with Crippen LogP contribution in [0.4, 0.5) is 0 Å². The van der Waals surface area contributed by atoms with Crippen molar-refractivity contribution in [3.8, 4) is 78.0 Å². The van der Waals surface area contributed by atoms with Crippen molar-refractivity contribution in [3.05, 3.63) is 210 Å². The molecule has 252 valence electrons. The molecule has 9 aromatic rings. The first kappa shape index (κ1) is 30.8. The molecule has 0 radical (unpaired) electrons. The zero-order chi connectivity index (χ0) is 35.6. The quantitative estimate of drug-likeness (QED) is 0.179. The summed E-state index contributed by atoms with van der Waals surface area (Å²) in [6.07, 6.45) is 0. The van der Waals surface area contributed by atoms with E-state index in [9.17, 15) is 0 Å². The van der Waals surface area contributed by atoms with Crippen LogP contribution < -0.4 is 0 Å². The van der Waals surface area contributed by atoms with Crippen molar-refractivity contribution in [1.29, 1.82) is 0 Å². The first-order chi connectivity index (χ1) is 26.8. The first-order valence-electron chi connectivity index (χ1n) is 18.3. The summed E-state index contributed by atoms with van der Waals surface area (Å²) in [7, 11) is 0. The van der Waals surface area contributed by atoms with E-state index in [2.05, 4.69) is 152 Å². The van der Waals surface area contributed by atoms with Crippen molar-refractivity contribution in [2.24, 2.45) is 0 Å². The summed E-state index contributed by atoms with van der Waals surface area (Å²) in [6, 6.07) is 67.1. The van der Waals surface area contributed by atoms with Gasteiger partial charge in [-0.25, -0.2) is 15.0 Å². The zero-order valence-electron chi connectivity index (χ0n) is 29.1. The van der Waals surface area contributed by atoms with Crippen LogP contribution in [0.5, 0.6) is 0 Å². The third kappa shape index (κ3) is 4.50. The number of nitrogens with zero attached hydrogens (tertiary/aromatic N) is 3. The van der Waals surface area contributed by atoms with Gasteiger partial charge >= 0.3 is 0 Å². The topological polar surface area (TPSA) is 38.7 Å². The fourth-order valence-electron chi connectivity index (χ4n) is 8.67. The number of hydrogen-bond acceptors (Lipinski definition) is 4. The Balaban J connectivity index is 1.23. The van der Waals surface area contributed by atoms with Crippen LogP contribution in [-0.4, -0.2) is 15.0 Å². The molecule has 4 heteroatoms. The van der Waals surface area contributed by atoms with Gasteiger partial charge in [-0.2, -0.15) is 0 Å². The van der Waals surface area contributed by atoms with Gasteiger partial charge in [0.15, 0.2) is 17.5 Å². The lowest BCUT2D eigenvalue weighted by molar-refractivity contribution is 0.811. The van der Waals surface area contributed by atoms with Crippen LogP contribution in [0.3, 0.4) is 0 Å². The molecule has 1 spiro atoms. The first-order valence-corrected chi connectivity index (χ1v) is 19.1. The van der Waals surface area contributed by atoms with Crippen LogP contribution in [0.1, 0.15) is 21.6 Å². The van der Waals surface area contributed by atoms with Crippen LogP contribution in [-0.2, 0) is 5.41 Å². The molecule has 0 unspecified atom stereocenters. The van der Waals surface area contributed by atoms with Gasteiger partial charge in [-0.15, -0.1) is 11.3 Å². The Kier molecular flexibility index (Phi) is 6.94. The van der Waals surface area contributed by atoms with Crippen molar-refractivity contribution >= 4 is 11.3 Å². The molecule has 11 rings (SSSR count). The van der Waals surface area contributed by atoms with Crippen molar-refractivity contribution in [2.75, 3.05) is 0 Å². The van der Waals surface area contributed by atoms with Gasteiger partial charge in [-0.1, -0.05) is 182 Å². The van der Waals surface area contributed by atoms with Gasteiger partial charge < -0.3 is 0 Å². The van der Waals surface area contributed by atoms with Gasteiger partial charge in [0.05, 0.1) is 5.41 Å². The van der Waals surface area contributed by atoms with Gasteiger partial charge in [-0.3, -0.25) is 0 Å². The Morgan fingerprint density at radius 3 is 1.31 bits per heavy atom. The molecular formula is C50H31N3S. The summed E-state index contributed by atoms with van der Waals surface area (Å²) in [4.78, 5) is 18.0. The minimum absolute atomic E-state index is 0.521. The molecule has 2 aromatic heterocycles. The van der Waals surface area contributed by atoms with Crippen LogP contribution in [0.2, 0.25) is 0 Å². The predicted octanol–water partition coefficient (Wildman–Crippen LogP) is 12.6. The van der Waals surface area contributed by atoms with Gasteiger partial charge in [0.25, 0.3) is 0 Å². The second-order valence-corrected chi connectivity index (χ2v) is 14.9. The lowest BCUT2D eigenvalue weighted by Crippen LogP contribution is -2.25. The minimum Gasteiger partial charge on any atom is -0.208 e. The highest BCUT2D eigenvalue weighted by Gasteiger charge is 2.54. The maximum atomic E-state index is 5.16. The largest absolute Gasteiger partial charge is 0.208 e. The molecule has 0 bridgehead atoms. The third-order valence-corrected chi connectivity index (χ3v) is 12.3. The van der Waals surface area contributed by atoms with E-state index < -0.39 is 5.41 Å². The Hall–Kier alpha value is -6.75. The van der Waals surface area contributed by atoms with Crippen LogP contribution >= 0.6 is 11.3 Å². The summed E-state index contributed by atoms with van der Waals surface area (Å²) in [6.45, 7) is 0. The number of fused-ring (bicyclic) bond motifs is 10. The normalized spacial score (nSPS) is 13.0. The summed E-state index contributed by atoms with van der Waals surface area (Å²) in [5, 5.41) is 0. The highest BCUT2D eigenvalue weighted by molar-refractivity contribution is 7.17. The number of benzene rings is 7. The summed E-state index contributed by atoms with van der Waals surface area (Å²) in [5.41, 5.74) is 15.1. The SMILES string of the molecule is c1ccc(-c2nc(-c3ccccc3)nc(-c3ccc4c(c3)C3(c5ccccc5-c5ccccc53)c3sc(-c5ccccc5)c(-c5ccccc5)c3-4)n2)cc1. The smallest absolute Gasteiger partial charge is 0.164 e. The van der Waals surface area contributed by atoms with E-state index >= 15 is 0 Å². The monoisotopic (exact) mass is 705 g/mol. The Labute approximate surface area is 318 Å². The van der Waals surface area contributed by atoms with Crippen molar-refractivity contribution in [1.82, 2.24) is 15.0 Å². The highest BCUT2D eigenvalue weighted by Crippen LogP contribution is 2.67. The molecule has 0 saturated heterocycles. The Bertz CT molecular complexity index is 2760. The second-order valence-electron chi connectivity index (χ2n) is 13.9. The standard InChI is InChI=1S/C50H31N3S/c1-5-17-32(18-6-1)43-44-39-30-29-36(49-52-47(34-21-9-3-10-22-34)51-48(53-49)35-23-11-4-12-24-35)31-42(39)50(46(44)54-45(43)33-19-7-2-8-20-33)40-27-15-13-25-37(40)38-26-14-16-28-41(38)50/h1-31H. The molecule has 0 saturated carbocycles. The molecule has 0 atom stereocenters. The third-order valence-electron chi connectivity index (χ3n) is 11.0. The molecule has 54 heavy (non-hydrogen) atoms. The highest BCUT2D eigenvalue weighted by atomic mass is 32.1. The molecule has 7 aromatic carbocycles. The second kappa shape index (κ2) is 12.2. The number of rotatable bonds is 5. The molecule has 0 N–H and O–H groups in total. The number of thiophene rings is 1. The predicted molar refractivity (Wildman–Crippen MR) is 221 cm³/mol. The molecule has 0 aliphatic heterocycles. The lowest BCUT2D eigenvalue weighted by Gasteiger charge is -2.29. The van der Waals surface area contributed by atoms with E-state index in [4.69, 9.17) is 15.0 Å². The number of aromatic nitrogens is 3. The molecule has 2 heterocycles. The van der Waals surface area contributed by atoms with E-state index in [1.54, 1.807) is 0 Å². The Morgan fingerprint density at radius 1 is 0.333 bits per heavy atom. The number of hydrogen-bond donors (Lipinski definition) is 0. The fourth-order valence-corrected chi connectivity index (χ4v) is 10.2. The van der Waals surface area contributed by atoms with Crippen LogP contribution in [0.25, 0.3) is 78.0 Å². The molecule has 0 fully saturated rings. The van der Waals surface area contributed by atoms with E-state index in [0.717, 1.165) is 16.7 Å². The minimum atomic E-state index is -0.521. The van der Waals surface area contributed by atoms with Crippen molar-refractivity contribution in [2.45, 2.75) is 5.41 Å². The maximum absolute atomic E-state index is 5.16.